The maximum absolute atomic E-state index is 10.1. The minimum atomic E-state index is -0.369. The predicted molar refractivity (Wildman–Crippen MR) is 123 cm³/mol. The fraction of sp³-hybridized carbons (Fsp3) is 0.731. The minimum absolute atomic E-state index is 0.318. The van der Waals surface area contributed by atoms with Crippen LogP contribution in [0.15, 0.2) is 24.3 Å². The Morgan fingerprint density at radius 1 is 0.893 bits per heavy atom. The van der Waals surface area contributed by atoms with Crippen molar-refractivity contribution in [2.45, 2.75) is 97.3 Å². The summed E-state index contributed by atoms with van der Waals surface area (Å²) in [5.74, 6) is 0.318. The fourth-order valence-corrected chi connectivity index (χ4v) is 4.13. The summed E-state index contributed by atoms with van der Waals surface area (Å²) in [5, 5.41) is 10.1. The van der Waals surface area contributed by atoms with Gasteiger partial charge < -0.3 is 4.90 Å². The van der Waals surface area contributed by atoms with E-state index in [-0.39, 0.29) is 5.41 Å². The van der Waals surface area contributed by atoms with Crippen LogP contribution in [-0.2, 0) is 11.8 Å². The number of rotatable bonds is 15. The summed E-state index contributed by atoms with van der Waals surface area (Å²) < 4.78 is 0. The van der Waals surface area contributed by atoms with Crippen molar-refractivity contribution in [2.24, 2.45) is 5.92 Å². The second-order valence-corrected chi connectivity index (χ2v) is 8.82. The first-order chi connectivity index (χ1) is 13.5. The highest BCUT2D eigenvalue weighted by Crippen LogP contribution is 2.36. The molecule has 1 atom stereocenters. The van der Waals surface area contributed by atoms with Gasteiger partial charge in [0, 0.05) is 0 Å². The van der Waals surface area contributed by atoms with Crippen molar-refractivity contribution in [2.75, 3.05) is 20.1 Å². The molecule has 28 heavy (non-hydrogen) atoms. The van der Waals surface area contributed by atoms with Gasteiger partial charge in [-0.15, -0.1) is 0 Å². The Labute approximate surface area is 175 Å². The summed E-state index contributed by atoms with van der Waals surface area (Å²) in [6, 6.07) is 11.5. The van der Waals surface area contributed by atoms with Gasteiger partial charge in [-0.25, -0.2) is 0 Å². The maximum Gasteiger partial charge on any atom is 0.0845 e. The quantitative estimate of drug-likeness (QED) is 0.301. The Balaban J connectivity index is 2.46. The van der Waals surface area contributed by atoms with E-state index in [2.05, 4.69) is 70.0 Å². The summed E-state index contributed by atoms with van der Waals surface area (Å²) in [6.07, 6.45) is 12.6. The standard InChI is InChI=1S/C26H44N2/c1-6-8-9-10-11-12-13-20-28(5)21-14-19-26(22-27,23(3)4)25-17-15-24(7-2)16-18-25/h15-18,23H,6-14,19-21H2,1-5H3. The summed E-state index contributed by atoms with van der Waals surface area (Å²) in [5.41, 5.74) is 2.16. The van der Waals surface area contributed by atoms with Crippen LogP contribution < -0.4 is 0 Å². The lowest BCUT2D eigenvalue weighted by Crippen LogP contribution is -2.32. The monoisotopic (exact) mass is 384 g/mol. The predicted octanol–water partition coefficient (Wildman–Crippen LogP) is 7.13. The van der Waals surface area contributed by atoms with Crippen molar-refractivity contribution in [3.63, 3.8) is 0 Å². The van der Waals surface area contributed by atoms with Gasteiger partial charge in [0.05, 0.1) is 11.5 Å². The molecule has 0 spiro atoms. The van der Waals surface area contributed by atoms with Crippen molar-refractivity contribution in [3.05, 3.63) is 35.4 Å². The van der Waals surface area contributed by atoms with Crippen molar-refractivity contribution in [1.82, 2.24) is 4.90 Å². The van der Waals surface area contributed by atoms with Gasteiger partial charge in [0.15, 0.2) is 0 Å². The molecular formula is C26H44N2. The van der Waals surface area contributed by atoms with Crippen LogP contribution in [0.3, 0.4) is 0 Å². The molecule has 0 N–H and O–H groups in total. The average Bonchev–Trinajstić information content (AvgIpc) is 2.70. The number of unbranched alkanes of at least 4 members (excludes halogenated alkanes) is 6. The molecule has 0 aliphatic heterocycles. The summed E-state index contributed by atoms with van der Waals surface area (Å²) in [4.78, 5) is 2.45. The normalized spacial score (nSPS) is 13.6. The molecule has 0 bridgehead atoms. The molecule has 1 aromatic carbocycles. The van der Waals surface area contributed by atoms with E-state index in [1.165, 1.54) is 62.6 Å². The fourth-order valence-electron chi connectivity index (χ4n) is 4.13. The second-order valence-electron chi connectivity index (χ2n) is 8.82. The zero-order chi connectivity index (χ0) is 20.8. The molecule has 1 aromatic rings. The third-order valence-corrected chi connectivity index (χ3v) is 6.32. The van der Waals surface area contributed by atoms with Crippen LogP contribution in [0.1, 0.15) is 96.6 Å². The molecule has 2 nitrogen and oxygen atoms in total. The molecule has 0 heterocycles. The molecule has 158 valence electrons. The zero-order valence-electron chi connectivity index (χ0n) is 19.3. The summed E-state index contributed by atoms with van der Waals surface area (Å²) >= 11 is 0. The molecule has 0 aliphatic carbocycles. The lowest BCUT2D eigenvalue weighted by molar-refractivity contribution is 0.286. The molecule has 2 heteroatoms. The zero-order valence-corrected chi connectivity index (χ0v) is 19.3. The molecule has 0 radical (unpaired) electrons. The van der Waals surface area contributed by atoms with Crippen LogP contribution in [0, 0.1) is 17.2 Å². The highest BCUT2D eigenvalue weighted by atomic mass is 15.1. The molecule has 0 aromatic heterocycles. The van der Waals surface area contributed by atoms with E-state index >= 15 is 0 Å². The minimum Gasteiger partial charge on any atom is -0.306 e. The first-order valence-corrected chi connectivity index (χ1v) is 11.7. The Hall–Kier alpha value is -1.33. The van der Waals surface area contributed by atoms with E-state index in [0.29, 0.717) is 5.92 Å². The molecule has 0 saturated heterocycles. The molecule has 0 fully saturated rings. The summed E-state index contributed by atoms with van der Waals surface area (Å²) in [6.45, 7) is 11.1. The largest absolute Gasteiger partial charge is 0.306 e. The Morgan fingerprint density at radius 2 is 1.46 bits per heavy atom. The van der Waals surface area contributed by atoms with E-state index in [1.807, 2.05) is 0 Å². The maximum atomic E-state index is 10.1. The number of hydrogen-bond acceptors (Lipinski definition) is 2. The van der Waals surface area contributed by atoms with Gasteiger partial charge >= 0.3 is 0 Å². The molecular weight excluding hydrogens is 340 g/mol. The topological polar surface area (TPSA) is 27.0 Å². The smallest absolute Gasteiger partial charge is 0.0845 e. The number of nitrogens with zero attached hydrogens (tertiary/aromatic N) is 2. The van der Waals surface area contributed by atoms with Crippen molar-refractivity contribution in [3.8, 4) is 6.07 Å². The van der Waals surface area contributed by atoms with Gasteiger partial charge in [0.1, 0.15) is 0 Å². The molecule has 1 rings (SSSR count). The Morgan fingerprint density at radius 3 is 2.00 bits per heavy atom. The second kappa shape index (κ2) is 13.8. The van der Waals surface area contributed by atoms with Gasteiger partial charge in [-0.05, 0) is 62.9 Å². The van der Waals surface area contributed by atoms with Gasteiger partial charge in [0.2, 0.25) is 0 Å². The molecule has 0 amide bonds. The SMILES string of the molecule is CCCCCCCCCN(C)CCCC(C#N)(c1ccc(CC)cc1)C(C)C. The van der Waals surface area contributed by atoms with E-state index < -0.39 is 0 Å². The third-order valence-electron chi connectivity index (χ3n) is 6.32. The molecule has 1 unspecified atom stereocenters. The van der Waals surface area contributed by atoms with E-state index in [9.17, 15) is 5.26 Å². The van der Waals surface area contributed by atoms with Crippen LogP contribution in [0.25, 0.3) is 0 Å². The lowest BCUT2D eigenvalue weighted by atomic mass is 9.69. The van der Waals surface area contributed by atoms with E-state index in [0.717, 1.165) is 25.8 Å². The number of hydrogen-bond donors (Lipinski definition) is 0. The van der Waals surface area contributed by atoms with E-state index in [4.69, 9.17) is 0 Å². The average molecular weight is 385 g/mol. The van der Waals surface area contributed by atoms with E-state index in [1.54, 1.807) is 0 Å². The number of aryl methyl sites for hydroxylation is 1. The Kier molecular flexibility index (Phi) is 12.2. The Bertz CT molecular complexity index is 555. The highest BCUT2D eigenvalue weighted by molar-refractivity contribution is 5.35. The van der Waals surface area contributed by atoms with Crippen LogP contribution >= 0.6 is 0 Å². The first-order valence-electron chi connectivity index (χ1n) is 11.7. The summed E-state index contributed by atoms with van der Waals surface area (Å²) in [7, 11) is 2.23. The van der Waals surface area contributed by atoms with Gasteiger partial charge in [0.25, 0.3) is 0 Å². The van der Waals surface area contributed by atoms with Crippen LogP contribution in [-0.4, -0.2) is 25.0 Å². The van der Waals surface area contributed by atoms with Crippen molar-refractivity contribution < 1.29 is 0 Å². The van der Waals surface area contributed by atoms with Gasteiger partial charge in [-0.2, -0.15) is 5.26 Å². The van der Waals surface area contributed by atoms with Gasteiger partial charge in [-0.1, -0.05) is 90.5 Å². The van der Waals surface area contributed by atoms with Crippen LogP contribution in [0.4, 0.5) is 0 Å². The molecule has 0 aliphatic rings. The van der Waals surface area contributed by atoms with Crippen molar-refractivity contribution in [1.29, 1.82) is 5.26 Å². The third kappa shape index (κ3) is 7.96. The molecule has 0 saturated carbocycles. The van der Waals surface area contributed by atoms with Crippen LogP contribution in [0.2, 0.25) is 0 Å². The first kappa shape index (κ1) is 24.7. The van der Waals surface area contributed by atoms with Crippen molar-refractivity contribution >= 4 is 0 Å². The lowest BCUT2D eigenvalue weighted by Gasteiger charge is -2.32. The van der Waals surface area contributed by atoms with Crippen LogP contribution in [0.5, 0.6) is 0 Å². The van der Waals surface area contributed by atoms with Gasteiger partial charge in [-0.3, -0.25) is 0 Å². The number of benzene rings is 1. The number of nitriles is 1. The highest BCUT2D eigenvalue weighted by Gasteiger charge is 2.35.